The number of carbonyl (C=O) groups is 3. The van der Waals surface area contributed by atoms with Crippen LogP contribution in [0.1, 0.15) is 11.5 Å². The van der Waals surface area contributed by atoms with Crippen LogP contribution in [0.3, 0.4) is 0 Å². The first-order valence-electron chi connectivity index (χ1n) is 10.2. The molecule has 0 saturated carbocycles. The van der Waals surface area contributed by atoms with Gasteiger partial charge in [-0.2, -0.15) is 8.91 Å². The van der Waals surface area contributed by atoms with Gasteiger partial charge in [0.25, 0.3) is 11.8 Å². The van der Waals surface area contributed by atoms with Crippen molar-refractivity contribution < 1.29 is 28.7 Å². The summed E-state index contributed by atoms with van der Waals surface area (Å²) in [5.74, 6) is -3.63. The number of hydrogen-bond donors (Lipinski definition) is 3. The minimum atomic E-state index is -1.41. The van der Waals surface area contributed by atoms with Crippen LogP contribution >= 0.6 is 35.3 Å². The zero-order chi connectivity index (χ0) is 26.4. The summed E-state index contributed by atoms with van der Waals surface area (Å²) in [7, 11) is 1.24. The second-order valence-corrected chi connectivity index (χ2v) is 9.87. The molecule has 37 heavy (non-hydrogen) atoms. The summed E-state index contributed by atoms with van der Waals surface area (Å²) < 4.78 is 14.7. The Hall–Kier alpha value is -4.03. The number of fused-ring (bicyclic) bond motifs is 2. The summed E-state index contributed by atoms with van der Waals surface area (Å²) in [6.45, 7) is 0. The number of halogens is 1. The number of carboxylic acid groups (broad SMARTS) is 1. The highest BCUT2D eigenvalue weighted by molar-refractivity contribution is 8.00. The van der Waals surface area contributed by atoms with Crippen LogP contribution in [0.15, 0.2) is 33.9 Å². The highest BCUT2D eigenvalue weighted by Gasteiger charge is 2.55. The number of nitrogen functional groups attached to an aromatic ring is 1. The number of hydrogen-bond acceptors (Lipinski definition) is 13. The minimum absolute atomic E-state index is 0.0434. The van der Waals surface area contributed by atoms with Crippen LogP contribution < -0.4 is 11.1 Å². The maximum atomic E-state index is 13.7. The Kier molecular flexibility index (Phi) is 6.30. The number of aromatic nitrogens is 5. The number of aliphatic carboxylic acids is 1. The van der Waals surface area contributed by atoms with Crippen molar-refractivity contribution in [2.75, 3.05) is 18.6 Å². The van der Waals surface area contributed by atoms with E-state index in [1.165, 1.54) is 30.3 Å². The molecule has 4 N–H and O–H groups in total. The van der Waals surface area contributed by atoms with E-state index in [2.05, 4.69) is 30.8 Å². The Morgan fingerprint density at radius 1 is 1.38 bits per heavy atom. The normalized spacial score (nSPS) is 19.5. The molecule has 0 aromatic carbocycles. The van der Waals surface area contributed by atoms with Crippen LogP contribution in [-0.2, 0) is 19.2 Å². The average Bonchev–Trinajstić information content (AvgIpc) is 3.49. The molecule has 190 valence electrons. The lowest BCUT2D eigenvalue weighted by Crippen LogP contribution is -2.71. The number of oxime groups is 1. The van der Waals surface area contributed by atoms with E-state index in [0.717, 1.165) is 26.8 Å². The zero-order valence-corrected chi connectivity index (χ0v) is 20.9. The van der Waals surface area contributed by atoms with Gasteiger partial charge in [0.05, 0.1) is 4.86 Å². The fourth-order valence-electron chi connectivity index (χ4n) is 3.74. The third kappa shape index (κ3) is 4.17. The van der Waals surface area contributed by atoms with Gasteiger partial charge in [-0.1, -0.05) is 17.4 Å². The molecule has 0 bridgehead atoms. The number of nitrogens with two attached hydrogens (primary N) is 1. The molecule has 0 aliphatic carbocycles. The molecule has 2 aliphatic heterocycles. The lowest BCUT2D eigenvalue weighted by Gasteiger charge is -2.49. The maximum Gasteiger partial charge on any atom is 0.353 e. The van der Waals surface area contributed by atoms with Crippen LogP contribution in [0, 0.1) is 5.95 Å². The van der Waals surface area contributed by atoms with Crippen molar-refractivity contribution in [3.63, 3.8) is 0 Å². The smallest absolute Gasteiger partial charge is 0.353 e. The molecule has 2 amide bonds. The number of rotatable bonds is 7. The fraction of sp³-hybridized carbons (Fsp3) is 0.211. The second kappa shape index (κ2) is 9.45. The summed E-state index contributed by atoms with van der Waals surface area (Å²) >= 11 is 7.73. The van der Waals surface area contributed by atoms with Crippen LogP contribution in [0.25, 0.3) is 5.65 Å². The Balaban J connectivity index is 1.42. The molecule has 3 aromatic heterocycles. The van der Waals surface area contributed by atoms with Gasteiger partial charge >= 0.3 is 5.97 Å². The van der Waals surface area contributed by atoms with E-state index in [9.17, 15) is 23.9 Å². The summed E-state index contributed by atoms with van der Waals surface area (Å²) in [6.07, 6.45) is 0. The first-order chi connectivity index (χ1) is 17.7. The van der Waals surface area contributed by atoms with Crippen LogP contribution in [0.5, 0.6) is 0 Å². The van der Waals surface area contributed by atoms with E-state index >= 15 is 0 Å². The summed E-state index contributed by atoms with van der Waals surface area (Å²) in [5, 5.41) is 28.6. The Morgan fingerprint density at radius 2 is 2.16 bits per heavy atom. The average molecular weight is 564 g/mol. The first-order valence-corrected chi connectivity index (χ1v) is 12.5. The molecule has 0 unspecified atom stereocenters. The van der Waals surface area contributed by atoms with E-state index < -0.39 is 35.1 Å². The number of nitrogens with one attached hydrogen (secondary N) is 1. The first kappa shape index (κ1) is 24.7. The van der Waals surface area contributed by atoms with Gasteiger partial charge in [-0.25, -0.2) is 9.78 Å². The number of β-lactam (4-membered cyclic amide) rings is 1. The van der Waals surface area contributed by atoms with E-state index in [-0.39, 0.29) is 49.9 Å². The van der Waals surface area contributed by atoms with Gasteiger partial charge < -0.3 is 21.0 Å². The van der Waals surface area contributed by atoms with Gasteiger partial charge in [0.1, 0.15) is 29.9 Å². The molecule has 3 aromatic rings. The molecule has 2 atom stereocenters. The predicted octanol–water partition coefficient (Wildman–Crippen LogP) is -0.191. The van der Waals surface area contributed by atoms with Crippen LogP contribution in [0.4, 0.5) is 9.52 Å². The molecule has 1 fully saturated rings. The number of carbonyl (C=O) groups excluding carboxylic acids is 2. The van der Waals surface area contributed by atoms with Crippen molar-refractivity contribution in [1.29, 1.82) is 0 Å². The van der Waals surface area contributed by atoms with E-state index in [0.29, 0.717) is 0 Å². The molecular weight excluding hydrogens is 549 g/mol. The van der Waals surface area contributed by atoms with Crippen molar-refractivity contribution in [3.8, 4) is 0 Å². The number of thioether (sulfide) groups is 1. The largest absolute Gasteiger partial charge is 0.477 e. The zero-order valence-electron chi connectivity index (χ0n) is 18.5. The van der Waals surface area contributed by atoms with Gasteiger partial charge in [0, 0.05) is 16.7 Å². The lowest BCUT2D eigenvalue weighted by molar-refractivity contribution is -0.150. The van der Waals surface area contributed by atoms with E-state index in [1.807, 2.05) is 0 Å². The van der Waals surface area contributed by atoms with Crippen molar-refractivity contribution >= 4 is 74.5 Å². The molecule has 18 heteroatoms. The van der Waals surface area contributed by atoms with Gasteiger partial charge in [-0.05, 0) is 12.1 Å². The molecule has 5 heterocycles. The Morgan fingerprint density at radius 3 is 2.84 bits per heavy atom. The predicted molar refractivity (Wildman–Crippen MR) is 132 cm³/mol. The molecule has 2 aliphatic rings. The maximum absolute atomic E-state index is 13.7. The summed E-state index contributed by atoms with van der Waals surface area (Å²) in [4.78, 5) is 47.8. The monoisotopic (exact) mass is 563 g/mol. The van der Waals surface area contributed by atoms with Crippen molar-refractivity contribution in [1.82, 2.24) is 35.0 Å². The number of thiazole rings is 1. The van der Waals surface area contributed by atoms with Gasteiger partial charge in [-0.3, -0.25) is 14.5 Å². The third-order valence-corrected chi connectivity index (χ3v) is 7.71. The van der Waals surface area contributed by atoms with Gasteiger partial charge in [0.2, 0.25) is 5.95 Å². The Bertz CT molecular complexity index is 1550. The quantitative estimate of drug-likeness (QED) is 0.113. The lowest BCUT2D eigenvalue weighted by atomic mass is 10.0. The minimum Gasteiger partial charge on any atom is -0.477 e. The molecule has 14 nitrogen and oxygen atoms in total. The second-order valence-electron chi connectivity index (χ2n) is 7.47. The molecular formula is C19H14FN9O5S3. The van der Waals surface area contributed by atoms with Gasteiger partial charge in [0.15, 0.2) is 22.3 Å². The molecule has 5 rings (SSSR count). The topological polar surface area (TPSA) is 190 Å². The van der Waals surface area contributed by atoms with Crippen molar-refractivity contribution in [2.24, 2.45) is 5.16 Å². The molecule has 0 radical (unpaired) electrons. The van der Waals surface area contributed by atoms with Crippen molar-refractivity contribution in [2.45, 2.75) is 11.4 Å². The highest BCUT2D eigenvalue weighted by atomic mass is 32.2. The van der Waals surface area contributed by atoms with Crippen LogP contribution in [-0.4, -0.2) is 87.4 Å². The molecule has 1 saturated heterocycles. The third-order valence-electron chi connectivity index (χ3n) is 5.33. The SMILES string of the molecule is CO/N=C(\C(=O)N[C@@H]1C(=O)N2C(C(=O)O)=C(C(=S)c3nnc4ccc(F)nn34)CS[C@@H]12)c1csc(N)n1. The highest BCUT2D eigenvalue weighted by Crippen LogP contribution is 2.41. The van der Waals surface area contributed by atoms with Crippen LogP contribution in [0.2, 0.25) is 0 Å². The summed E-state index contributed by atoms with van der Waals surface area (Å²) in [5.41, 5.74) is 5.54. The molecule has 0 spiro atoms. The fourth-order valence-corrected chi connectivity index (χ4v) is 6.03. The number of nitrogens with zero attached hydrogens (tertiary/aromatic N) is 7. The summed E-state index contributed by atoms with van der Waals surface area (Å²) in [6, 6.07) is 1.39. The number of amides is 2. The van der Waals surface area contributed by atoms with E-state index in [1.54, 1.807) is 0 Å². The van der Waals surface area contributed by atoms with Crippen molar-refractivity contribution in [3.05, 3.63) is 46.2 Å². The van der Waals surface area contributed by atoms with E-state index in [4.69, 9.17) is 22.8 Å². The van der Waals surface area contributed by atoms with Gasteiger partial charge in [-0.15, -0.1) is 38.4 Å². The number of carboxylic acids is 1. The number of anilines is 1. The number of thiocarbonyl (C=S) groups is 1. The Labute approximate surface area is 219 Å². The standard InChI is InChI=1S/C19H14FN9O5S3/c1-34-27-10(7-5-37-19(21)22-7)15(30)23-11-16(31)28-12(18(32)33)6(4-36-17(11)28)13(35)14-25-24-9-3-2-8(20)26-29(9)14/h2-3,5,11,17H,4H2,1H3,(H2,21,22)(H,23,30)(H,32,33)/b27-10-/t11-,17+/m1/s1.